The SMILES string of the molecule is COc1ccc(Br)c(-c2nc3s/c(=C/c4cccc([N+](=O)[O-])c4)c(=O)n3n2)c1. The van der Waals surface area contributed by atoms with Gasteiger partial charge in [0.15, 0.2) is 5.82 Å². The Morgan fingerprint density at radius 1 is 1.29 bits per heavy atom. The number of benzene rings is 2. The quantitative estimate of drug-likeness (QED) is 0.344. The lowest BCUT2D eigenvalue weighted by atomic mass is 10.2. The Bertz CT molecular complexity index is 1330. The van der Waals surface area contributed by atoms with E-state index in [1.807, 2.05) is 6.07 Å². The highest BCUT2D eigenvalue weighted by molar-refractivity contribution is 9.10. The number of hydrogen-bond acceptors (Lipinski definition) is 7. The molecule has 0 bridgehead atoms. The van der Waals surface area contributed by atoms with Crippen LogP contribution in [0, 0.1) is 10.1 Å². The molecular weight excluding hydrogens is 448 g/mol. The predicted octanol–water partition coefficient (Wildman–Crippen LogP) is 3.05. The third-order valence-corrected chi connectivity index (χ3v) is 5.63. The number of methoxy groups -OCH3 is 1. The van der Waals surface area contributed by atoms with Crippen molar-refractivity contribution < 1.29 is 9.66 Å². The maximum atomic E-state index is 12.7. The molecule has 0 atom stereocenters. The summed E-state index contributed by atoms with van der Waals surface area (Å²) in [5.41, 5.74) is 0.903. The van der Waals surface area contributed by atoms with Crippen LogP contribution in [0.2, 0.25) is 0 Å². The molecule has 0 fully saturated rings. The number of fused-ring (bicyclic) bond motifs is 1. The van der Waals surface area contributed by atoms with Crippen LogP contribution in [0.5, 0.6) is 5.75 Å². The van der Waals surface area contributed by atoms with Crippen LogP contribution >= 0.6 is 27.3 Å². The summed E-state index contributed by atoms with van der Waals surface area (Å²) in [6, 6.07) is 11.5. The van der Waals surface area contributed by atoms with E-state index in [9.17, 15) is 14.9 Å². The van der Waals surface area contributed by atoms with Gasteiger partial charge in [0, 0.05) is 22.2 Å². The number of non-ortho nitro benzene ring substituents is 1. The van der Waals surface area contributed by atoms with E-state index < -0.39 is 4.92 Å². The van der Waals surface area contributed by atoms with Crippen LogP contribution in [0.1, 0.15) is 5.56 Å². The first-order valence-electron chi connectivity index (χ1n) is 7.96. The summed E-state index contributed by atoms with van der Waals surface area (Å²) in [5, 5.41) is 15.2. The van der Waals surface area contributed by atoms with Crippen molar-refractivity contribution in [3.05, 3.63) is 77.5 Å². The summed E-state index contributed by atoms with van der Waals surface area (Å²) in [7, 11) is 1.57. The van der Waals surface area contributed by atoms with E-state index in [4.69, 9.17) is 4.74 Å². The Balaban J connectivity index is 1.80. The molecule has 28 heavy (non-hydrogen) atoms. The first-order chi connectivity index (χ1) is 13.5. The van der Waals surface area contributed by atoms with E-state index in [0.29, 0.717) is 32.2 Å². The highest BCUT2D eigenvalue weighted by Gasteiger charge is 2.15. The molecule has 8 nitrogen and oxygen atoms in total. The van der Waals surface area contributed by atoms with Gasteiger partial charge in [0.25, 0.3) is 11.2 Å². The molecule has 4 rings (SSSR count). The van der Waals surface area contributed by atoms with E-state index in [1.165, 1.54) is 28.0 Å². The fraction of sp³-hybridized carbons (Fsp3) is 0.0556. The molecule has 0 N–H and O–H groups in total. The highest BCUT2D eigenvalue weighted by Crippen LogP contribution is 2.30. The number of thiazole rings is 1. The summed E-state index contributed by atoms with van der Waals surface area (Å²) in [5.74, 6) is 1.05. The summed E-state index contributed by atoms with van der Waals surface area (Å²) in [4.78, 5) is 28.0. The average Bonchev–Trinajstić information content (AvgIpc) is 3.22. The summed E-state index contributed by atoms with van der Waals surface area (Å²) >= 11 is 4.63. The van der Waals surface area contributed by atoms with Crippen LogP contribution < -0.4 is 14.8 Å². The molecule has 140 valence electrons. The molecule has 2 aromatic heterocycles. The zero-order chi connectivity index (χ0) is 19.8. The van der Waals surface area contributed by atoms with Gasteiger partial charge in [-0.25, -0.2) is 0 Å². The number of aromatic nitrogens is 3. The normalized spacial score (nSPS) is 11.9. The summed E-state index contributed by atoms with van der Waals surface area (Å²) in [6.07, 6.45) is 1.59. The van der Waals surface area contributed by atoms with Gasteiger partial charge in [0.1, 0.15) is 5.75 Å². The number of nitro groups is 1. The second-order valence-corrected chi connectivity index (χ2v) is 7.61. The number of halogens is 1. The minimum Gasteiger partial charge on any atom is -0.497 e. The van der Waals surface area contributed by atoms with E-state index in [-0.39, 0.29) is 11.2 Å². The zero-order valence-electron chi connectivity index (χ0n) is 14.3. The second-order valence-electron chi connectivity index (χ2n) is 5.74. The van der Waals surface area contributed by atoms with Gasteiger partial charge in [-0.05, 0) is 29.8 Å². The molecule has 0 radical (unpaired) electrons. The molecule has 0 saturated heterocycles. The van der Waals surface area contributed by atoms with Gasteiger partial charge in [-0.1, -0.05) is 39.4 Å². The van der Waals surface area contributed by atoms with Crippen molar-refractivity contribution in [2.24, 2.45) is 0 Å². The molecule has 0 amide bonds. The Hall–Kier alpha value is -3.11. The predicted molar refractivity (Wildman–Crippen MR) is 109 cm³/mol. The van der Waals surface area contributed by atoms with Crippen LogP contribution in [0.15, 0.2) is 51.7 Å². The lowest BCUT2D eigenvalue weighted by Crippen LogP contribution is -2.23. The first-order valence-corrected chi connectivity index (χ1v) is 9.57. The number of hydrogen-bond donors (Lipinski definition) is 0. The Kier molecular flexibility index (Phi) is 4.65. The Morgan fingerprint density at radius 3 is 2.82 bits per heavy atom. The van der Waals surface area contributed by atoms with Crippen LogP contribution in [-0.4, -0.2) is 26.6 Å². The second kappa shape index (κ2) is 7.13. The molecule has 0 aliphatic heterocycles. The molecule has 10 heteroatoms. The third-order valence-electron chi connectivity index (χ3n) is 3.98. The largest absolute Gasteiger partial charge is 0.497 e. The molecule has 2 aromatic carbocycles. The van der Waals surface area contributed by atoms with Gasteiger partial charge in [-0.2, -0.15) is 9.50 Å². The lowest BCUT2D eigenvalue weighted by Gasteiger charge is -2.03. The monoisotopic (exact) mass is 458 g/mol. The molecule has 2 heterocycles. The molecule has 0 unspecified atom stereocenters. The topological polar surface area (TPSA) is 99.6 Å². The minimum absolute atomic E-state index is 0.0363. The van der Waals surface area contributed by atoms with E-state index in [1.54, 1.807) is 37.5 Å². The van der Waals surface area contributed by atoms with Crippen molar-refractivity contribution in [1.29, 1.82) is 0 Å². The van der Waals surface area contributed by atoms with Gasteiger partial charge < -0.3 is 4.74 Å². The lowest BCUT2D eigenvalue weighted by molar-refractivity contribution is -0.384. The number of nitro benzene ring substituents is 1. The van der Waals surface area contributed by atoms with Crippen LogP contribution in [0.4, 0.5) is 5.69 Å². The molecule has 0 aliphatic rings. The third kappa shape index (κ3) is 3.27. The first kappa shape index (κ1) is 18.3. The van der Waals surface area contributed by atoms with Crippen molar-refractivity contribution in [3.63, 3.8) is 0 Å². The average molecular weight is 459 g/mol. The van der Waals surface area contributed by atoms with Gasteiger partial charge >= 0.3 is 0 Å². The fourth-order valence-electron chi connectivity index (χ4n) is 2.63. The maximum Gasteiger partial charge on any atom is 0.291 e. The summed E-state index contributed by atoms with van der Waals surface area (Å²) < 4.78 is 7.63. The number of nitrogens with zero attached hydrogens (tertiary/aromatic N) is 4. The Labute approximate surface area is 170 Å². The van der Waals surface area contributed by atoms with Gasteiger partial charge in [0.2, 0.25) is 4.96 Å². The zero-order valence-corrected chi connectivity index (χ0v) is 16.7. The fourth-order valence-corrected chi connectivity index (χ4v) is 3.96. The number of ether oxygens (including phenoxy) is 1. The molecule has 0 aliphatic carbocycles. The van der Waals surface area contributed by atoms with Crippen molar-refractivity contribution in [1.82, 2.24) is 14.6 Å². The van der Waals surface area contributed by atoms with Crippen molar-refractivity contribution in [2.45, 2.75) is 0 Å². The van der Waals surface area contributed by atoms with Gasteiger partial charge in [-0.15, -0.1) is 5.10 Å². The molecular formula is C18H11BrN4O4S. The summed E-state index contributed by atoms with van der Waals surface area (Å²) in [6.45, 7) is 0. The highest BCUT2D eigenvalue weighted by atomic mass is 79.9. The van der Waals surface area contributed by atoms with Crippen LogP contribution in [0.3, 0.4) is 0 Å². The minimum atomic E-state index is -0.476. The molecule has 4 aromatic rings. The van der Waals surface area contributed by atoms with Crippen LogP contribution in [0.25, 0.3) is 22.4 Å². The Morgan fingerprint density at radius 2 is 2.11 bits per heavy atom. The smallest absolute Gasteiger partial charge is 0.291 e. The van der Waals surface area contributed by atoms with E-state index in [2.05, 4.69) is 26.0 Å². The van der Waals surface area contributed by atoms with E-state index >= 15 is 0 Å². The van der Waals surface area contributed by atoms with Crippen LogP contribution in [-0.2, 0) is 0 Å². The molecule has 0 spiro atoms. The standard InChI is InChI=1S/C18H11BrN4O4S/c1-27-12-5-6-14(19)13(9-12)16-20-18-22(21-16)17(24)15(28-18)8-10-3-2-4-11(7-10)23(25)26/h2-9H,1H3/b15-8+. The van der Waals surface area contributed by atoms with Gasteiger partial charge in [-0.3, -0.25) is 14.9 Å². The maximum absolute atomic E-state index is 12.7. The number of rotatable bonds is 4. The molecule has 0 saturated carbocycles. The van der Waals surface area contributed by atoms with Crippen molar-refractivity contribution in [2.75, 3.05) is 7.11 Å². The van der Waals surface area contributed by atoms with Crippen molar-refractivity contribution in [3.8, 4) is 17.1 Å². The van der Waals surface area contributed by atoms with Gasteiger partial charge in [0.05, 0.1) is 16.6 Å². The van der Waals surface area contributed by atoms with E-state index in [0.717, 1.165) is 4.47 Å². The van der Waals surface area contributed by atoms with Crippen molar-refractivity contribution >= 4 is 44.0 Å².